The van der Waals surface area contributed by atoms with Crippen molar-refractivity contribution < 1.29 is 13.9 Å². The molecule has 1 aromatic heterocycles. The zero-order chi connectivity index (χ0) is 13.0. The zero-order valence-electron chi connectivity index (χ0n) is 9.57. The van der Waals surface area contributed by atoms with Crippen LogP contribution in [0.25, 0.3) is 0 Å². The number of aliphatic hydroxyl groups is 1. The van der Waals surface area contributed by atoms with Crippen molar-refractivity contribution in [3.8, 4) is 0 Å². The van der Waals surface area contributed by atoms with E-state index in [2.05, 4.69) is 5.32 Å². The van der Waals surface area contributed by atoms with Gasteiger partial charge in [-0.3, -0.25) is 0 Å². The fraction of sp³-hybridized carbons (Fsp3) is 0.231. The average Bonchev–Trinajstić information content (AvgIpc) is 2.82. The van der Waals surface area contributed by atoms with Gasteiger partial charge in [0.25, 0.3) is 0 Å². The lowest BCUT2D eigenvalue weighted by atomic mass is 10.1. The zero-order valence-corrected chi connectivity index (χ0v) is 10.3. The van der Waals surface area contributed by atoms with Crippen molar-refractivity contribution in [1.29, 1.82) is 0 Å². The van der Waals surface area contributed by atoms with E-state index in [9.17, 15) is 9.50 Å². The van der Waals surface area contributed by atoms with Crippen LogP contribution in [0.5, 0.6) is 0 Å². The van der Waals surface area contributed by atoms with Crippen LogP contribution in [0.4, 0.5) is 4.39 Å². The number of furan rings is 1. The molecule has 1 aromatic carbocycles. The lowest BCUT2D eigenvalue weighted by Gasteiger charge is -2.14. The van der Waals surface area contributed by atoms with E-state index in [1.807, 2.05) is 6.07 Å². The fourth-order valence-electron chi connectivity index (χ4n) is 1.68. The summed E-state index contributed by atoms with van der Waals surface area (Å²) in [7, 11) is 0. The first-order valence-corrected chi connectivity index (χ1v) is 5.91. The second-order valence-electron chi connectivity index (χ2n) is 3.86. The number of nitrogens with one attached hydrogen (secondary N) is 1. The summed E-state index contributed by atoms with van der Waals surface area (Å²) in [6, 6.07) is 7.92. The van der Waals surface area contributed by atoms with E-state index in [1.54, 1.807) is 18.4 Å². The fourth-order valence-corrected chi connectivity index (χ4v) is 1.97. The molecule has 0 aliphatic rings. The molecule has 0 saturated heterocycles. The maximum absolute atomic E-state index is 13.5. The molecule has 18 heavy (non-hydrogen) atoms. The molecule has 1 unspecified atom stereocenters. The molecule has 0 aliphatic carbocycles. The minimum absolute atomic E-state index is 0.117. The van der Waals surface area contributed by atoms with E-state index in [4.69, 9.17) is 16.0 Å². The molecular formula is C13H13ClFNO2. The Balaban J connectivity index is 1.93. The smallest absolute Gasteiger partial charge is 0.130 e. The van der Waals surface area contributed by atoms with Crippen LogP contribution in [0, 0.1) is 5.82 Å². The van der Waals surface area contributed by atoms with Gasteiger partial charge < -0.3 is 14.8 Å². The van der Waals surface area contributed by atoms with Crippen LogP contribution in [0.3, 0.4) is 0 Å². The van der Waals surface area contributed by atoms with E-state index < -0.39 is 11.9 Å². The predicted octanol–water partition coefficient (Wildman–Crippen LogP) is 2.90. The second kappa shape index (κ2) is 6.00. The molecular weight excluding hydrogens is 257 g/mol. The Morgan fingerprint density at radius 2 is 2.17 bits per heavy atom. The lowest BCUT2D eigenvalue weighted by molar-refractivity contribution is 0.169. The summed E-state index contributed by atoms with van der Waals surface area (Å²) in [4.78, 5) is 0. The monoisotopic (exact) mass is 269 g/mol. The average molecular weight is 270 g/mol. The SMILES string of the molecule is OC(CNCc1ccco1)c1c(F)cccc1Cl. The van der Waals surface area contributed by atoms with Gasteiger partial charge in [-0.15, -0.1) is 0 Å². The molecule has 0 bridgehead atoms. The summed E-state index contributed by atoms with van der Waals surface area (Å²) < 4.78 is 18.6. The van der Waals surface area contributed by atoms with E-state index in [1.165, 1.54) is 12.1 Å². The van der Waals surface area contributed by atoms with Gasteiger partial charge >= 0.3 is 0 Å². The molecule has 0 radical (unpaired) electrons. The van der Waals surface area contributed by atoms with Crippen molar-refractivity contribution in [2.75, 3.05) is 6.54 Å². The minimum Gasteiger partial charge on any atom is -0.468 e. The number of aliphatic hydroxyl groups excluding tert-OH is 1. The summed E-state index contributed by atoms with van der Waals surface area (Å²) in [6.45, 7) is 0.664. The Morgan fingerprint density at radius 1 is 1.33 bits per heavy atom. The third-order valence-electron chi connectivity index (χ3n) is 2.55. The van der Waals surface area contributed by atoms with Crippen molar-refractivity contribution >= 4 is 11.6 Å². The Labute approximate surface area is 109 Å². The number of benzene rings is 1. The minimum atomic E-state index is -0.992. The van der Waals surface area contributed by atoms with E-state index >= 15 is 0 Å². The van der Waals surface area contributed by atoms with Crippen molar-refractivity contribution in [2.45, 2.75) is 12.6 Å². The molecule has 3 nitrogen and oxygen atoms in total. The largest absolute Gasteiger partial charge is 0.468 e. The van der Waals surface area contributed by atoms with Gasteiger partial charge in [0.05, 0.1) is 18.9 Å². The standard InChI is InChI=1S/C13H13ClFNO2/c14-10-4-1-5-11(15)13(10)12(17)8-16-7-9-3-2-6-18-9/h1-6,12,16-17H,7-8H2. The van der Waals surface area contributed by atoms with Crippen molar-refractivity contribution in [3.63, 3.8) is 0 Å². The molecule has 0 spiro atoms. The maximum Gasteiger partial charge on any atom is 0.130 e. The first-order chi connectivity index (χ1) is 8.68. The van der Waals surface area contributed by atoms with E-state index in [0.29, 0.717) is 6.54 Å². The molecule has 2 N–H and O–H groups in total. The molecule has 0 fully saturated rings. The topological polar surface area (TPSA) is 45.4 Å². The Morgan fingerprint density at radius 3 is 2.83 bits per heavy atom. The van der Waals surface area contributed by atoms with Gasteiger partial charge in [0.2, 0.25) is 0 Å². The van der Waals surface area contributed by atoms with Crippen LogP contribution < -0.4 is 5.32 Å². The first-order valence-electron chi connectivity index (χ1n) is 5.53. The van der Waals surface area contributed by atoms with Crippen LogP contribution in [0.15, 0.2) is 41.0 Å². The van der Waals surface area contributed by atoms with Crippen LogP contribution >= 0.6 is 11.6 Å². The van der Waals surface area contributed by atoms with Gasteiger partial charge in [0.1, 0.15) is 11.6 Å². The third kappa shape index (κ3) is 3.10. The number of hydrogen-bond donors (Lipinski definition) is 2. The molecule has 5 heteroatoms. The van der Waals surface area contributed by atoms with Gasteiger partial charge in [-0.05, 0) is 24.3 Å². The van der Waals surface area contributed by atoms with Crippen LogP contribution in [-0.4, -0.2) is 11.7 Å². The van der Waals surface area contributed by atoms with Gasteiger partial charge in [0.15, 0.2) is 0 Å². The number of hydrogen-bond acceptors (Lipinski definition) is 3. The lowest BCUT2D eigenvalue weighted by Crippen LogP contribution is -2.21. The van der Waals surface area contributed by atoms with Crippen molar-refractivity contribution in [3.05, 3.63) is 58.8 Å². The van der Waals surface area contributed by atoms with Gasteiger partial charge in [-0.25, -0.2) is 4.39 Å². The molecule has 1 atom stereocenters. The Hall–Kier alpha value is -1.36. The Bertz CT molecular complexity index is 481. The third-order valence-corrected chi connectivity index (χ3v) is 2.88. The highest BCUT2D eigenvalue weighted by molar-refractivity contribution is 6.31. The van der Waals surface area contributed by atoms with Gasteiger partial charge in [-0.1, -0.05) is 17.7 Å². The number of rotatable bonds is 5. The summed E-state index contributed by atoms with van der Waals surface area (Å²) in [5.41, 5.74) is 0.117. The van der Waals surface area contributed by atoms with E-state index in [-0.39, 0.29) is 17.1 Å². The predicted molar refractivity (Wildman–Crippen MR) is 66.8 cm³/mol. The Kier molecular flexibility index (Phi) is 4.36. The highest BCUT2D eigenvalue weighted by Crippen LogP contribution is 2.25. The second-order valence-corrected chi connectivity index (χ2v) is 4.27. The molecule has 96 valence electrons. The normalized spacial score (nSPS) is 12.6. The summed E-state index contributed by atoms with van der Waals surface area (Å²) in [5, 5.41) is 13.1. The van der Waals surface area contributed by atoms with Gasteiger partial charge in [0, 0.05) is 17.1 Å². The van der Waals surface area contributed by atoms with E-state index in [0.717, 1.165) is 5.76 Å². The molecule has 2 rings (SSSR count). The number of halogens is 2. The molecule has 0 amide bonds. The van der Waals surface area contributed by atoms with Gasteiger partial charge in [-0.2, -0.15) is 0 Å². The summed E-state index contributed by atoms with van der Waals surface area (Å²) >= 11 is 5.86. The highest BCUT2D eigenvalue weighted by atomic mass is 35.5. The molecule has 2 aromatic rings. The maximum atomic E-state index is 13.5. The first kappa shape index (κ1) is 13.1. The van der Waals surface area contributed by atoms with Crippen LogP contribution in [0.2, 0.25) is 5.02 Å². The quantitative estimate of drug-likeness (QED) is 0.877. The highest BCUT2D eigenvalue weighted by Gasteiger charge is 2.16. The van der Waals surface area contributed by atoms with Crippen molar-refractivity contribution in [1.82, 2.24) is 5.32 Å². The van der Waals surface area contributed by atoms with Crippen LogP contribution in [-0.2, 0) is 6.54 Å². The molecule has 1 heterocycles. The van der Waals surface area contributed by atoms with Crippen molar-refractivity contribution in [2.24, 2.45) is 0 Å². The van der Waals surface area contributed by atoms with Crippen LogP contribution in [0.1, 0.15) is 17.4 Å². The summed E-state index contributed by atoms with van der Waals surface area (Å²) in [6.07, 6.45) is 0.579. The molecule has 0 aliphatic heterocycles. The summed E-state index contributed by atoms with van der Waals surface area (Å²) in [5.74, 6) is 0.247. The molecule has 0 saturated carbocycles.